The molecule has 0 spiro atoms. The summed E-state index contributed by atoms with van der Waals surface area (Å²) in [6.45, 7) is 16.3. The minimum Gasteiger partial charge on any atom is -0.494 e. The highest BCUT2D eigenvalue weighted by atomic mass is 16.6. The van der Waals surface area contributed by atoms with Crippen molar-refractivity contribution in [2.24, 2.45) is 17.8 Å². The molecule has 49 heavy (non-hydrogen) atoms. The lowest BCUT2D eigenvalue weighted by molar-refractivity contribution is -0.161. The van der Waals surface area contributed by atoms with Crippen molar-refractivity contribution >= 4 is 29.4 Å². The molecule has 2 N–H and O–H groups in total. The van der Waals surface area contributed by atoms with E-state index >= 15 is 0 Å². The fourth-order valence-corrected chi connectivity index (χ4v) is 5.36. The van der Waals surface area contributed by atoms with Gasteiger partial charge in [-0.3, -0.25) is 19.7 Å². The molecule has 0 saturated carbocycles. The first-order valence-electron chi connectivity index (χ1n) is 17.4. The van der Waals surface area contributed by atoms with Crippen LogP contribution in [0.1, 0.15) is 92.2 Å². The molecule has 0 fully saturated rings. The van der Waals surface area contributed by atoms with E-state index in [4.69, 9.17) is 18.9 Å². The molecule has 2 bridgehead atoms. The Balaban J connectivity index is 1.79. The second-order valence-corrected chi connectivity index (χ2v) is 15.2. The van der Waals surface area contributed by atoms with Crippen molar-refractivity contribution < 1.29 is 38.1 Å². The zero-order valence-corrected chi connectivity index (χ0v) is 30.6. The number of Topliss-reactive ketones (excluding diaryl/α,β-unsaturated/α-hetero) is 1. The van der Waals surface area contributed by atoms with E-state index in [2.05, 4.69) is 10.6 Å². The summed E-state index contributed by atoms with van der Waals surface area (Å²) in [6.07, 6.45) is 1.63. The Morgan fingerprint density at radius 3 is 2.14 bits per heavy atom. The van der Waals surface area contributed by atoms with Crippen LogP contribution in [0.25, 0.3) is 0 Å². The number of benzene rings is 2. The van der Waals surface area contributed by atoms with Gasteiger partial charge >= 0.3 is 12.1 Å². The molecule has 10 heteroatoms. The van der Waals surface area contributed by atoms with E-state index < -0.39 is 35.1 Å². The lowest BCUT2D eigenvalue weighted by Gasteiger charge is -2.26. The summed E-state index contributed by atoms with van der Waals surface area (Å²) in [7, 11) is 0. The van der Waals surface area contributed by atoms with Crippen LogP contribution < -0.4 is 15.4 Å². The van der Waals surface area contributed by atoms with Crippen molar-refractivity contribution in [3.05, 3.63) is 59.7 Å². The number of carbonyl (C=O) groups excluding carboxylic acids is 4. The zero-order valence-electron chi connectivity index (χ0n) is 30.6. The molecule has 0 unspecified atom stereocenters. The van der Waals surface area contributed by atoms with Gasteiger partial charge in [0.05, 0.1) is 25.2 Å². The Hall–Kier alpha value is -3.92. The Morgan fingerprint density at radius 1 is 0.898 bits per heavy atom. The SMILES string of the molecule is CC(C)[C@H]1COCCCCOc2ccc(cc2)C[C@@H](CC(=O)C[C@@H](Cc2ccc(NC(=O)OC(C)(C)C)cc2)C(=O)OC(C)(C)C)C(=O)N1. The molecule has 2 aliphatic rings. The number of ether oxygens (including phenoxy) is 4. The van der Waals surface area contributed by atoms with Crippen LogP contribution in [0.3, 0.4) is 0 Å². The largest absolute Gasteiger partial charge is 0.494 e. The standard InChI is InChI=1S/C39H56N2O8/c1-26(2)34-25-46-19-9-10-20-47-33-17-13-28(14-18-33)21-29(35(43)41-34)23-32(42)24-30(36(44)48-38(3,4)5)22-27-11-15-31(16-12-27)40-37(45)49-39(6,7)8/h11-18,26,29-30,34H,9-10,19-25H2,1-8H3,(H,40,45)(H,41,43)/t29-,30+,34+/m0/s1. The molecular weight excluding hydrogens is 624 g/mol. The first-order chi connectivity index (χ1) is 23.0. The summed E-state index contributed by atoms with van der Waals surface area (Å²) < 4.78 is 22.8. The van der Waals surface area contributed by atoms with E-state index in [-0.39, 0.29) is 42.9 Å². The maximum atomic E-state index is 13.8. The van der Waals surface area contributed by atoms with Crippen LogP contribution in [0, 0.1) is 17.8 Å². The topological polar surface area (TPSA) is 129 Å². The van der Waals surface area contributed by atoms with Gasteiger partial charge < -0.3 is 24.3 Å². The van der Waals surface area contributed by atoms with Gasteiger partial charge in [-0.15, -0.1) is 0 Å². The number of hydrogen-bond acceptors (Lipinski definition) is 8. The van der Waals surface area contributed by atoms with Gasteiger partial charge in [-0.05, 0) is 109 Å². The minimum atomic E-state index is -0.765. The molecule has 3 atom stereocenters. The van der Waals surface area contributed by atoms with Crippen molar-refractivity contribution in [1.29, 1.82) is 0 Å². The Labute approximate surface area is 292 Å². The van der Waals surface area contributed by atoms with Crippen LogP contribution in [-0.2, 0) is 41.4 Å². The molecular formula is C39H56N2O8. The van der Waals surface area contributed by atoms with E-state index in [9.17, 15) is 19.2 Å². The number of carbonyl (C=O) groups is 4. The first kappa shape index (κ1) is 39.5. The third-order valence-electron chi connectivity index (χ3n) is 7.93. The van der Waals surface area contributed by atoms with E-state index in [1.54, 1.807) is 65.8 Å². The second-order valence-electron chi connectivity index (χ2n) is 15.2. The Bertz CT molecular complexity index is 1370. The summed E-state index contributed by atoms with van der Waals surface area (Å²) in [4.78, 5) is 53.1. The molecule has 0 radical (unpaired) electrons. The second kappa shape index (κ2) is 18.2. The third kappa shape index (κ3) is 15.0. The van der Waals surface area contributed by atoms with Gasteiger partial charge in [0.25, 0.3) is 0 Å². The quantitative estimate of drug-likeness (QED) is 0.269. The van der Waals surface area contributed by atoms with Crippen LogP contribution in [0.2, 0.25) is 0 Å². The monoisotopic (exact) mass is 680 g/mol. The van der Waals surface area contributed by atoms with Crippen LogP contribution in [-0.4, -0.2) is 60.8 Å². The van der Waals surface area contributed by atoms with Crippen molar-refractivity contribution in [3.8, 4) is 5.75 Å². The molecule has 270 valence electrons. The molecule has 0 aromatic heterocycles. The number of amides is 2. The minimum absolute atomic E-state index is 0.0339. The van der Waals surface area contributed by atoms with Crippen LogP contribution in [0.5, 0.6) is 5.75 Å². The third-order valence-corrected chi connectivity index (χ3v) is 7.93. The predicted octanol–water partition coefficient (Wildman–Crippen LogP) is 7.07. The lowest BCUT2D eigenvalue weighted by Crippen LogP contribution is -2.45. The summed E-state index contributed by atoms with van der Waals surface area (Å²) in [5.74, 6) is -1.43. The summed E-state index contributed by atoms with van der Waals surface area (Å²) in [5, 5.41) is 5.85. The van der Waals surface area contributed by atoms with Gasteiger partial charge in [0.15, 0.2) is 0 Å². The van der Waals surface area contributed by atoms with E-state index in [1.807, 2.05) is 38.1 Å². The average molecular weight is 681 g/mol. The normalized spacial score (nSPS) is 18.6. The number of fused-ring (bicyclic) bond motifs is 13. The summed E-state index contributed by atoms with van der Waals surface area (Å²) >= 11 is 0. The zero-order chi connectivity index (χ0) is 36.2. The van der Waals surface area contributed by atoms with Gasteiger partial charge in [-0.25, -0.2) is 4.79 Å². The molecule has 2 aromatic carbocycles. The smallest absolute Gasteiger partial charge is 0.412 e. The average Bonchev–Trinajstić information content (AvgIpc) is 2.98. The van der Waals surface area contributed by atoms with Crippen LogP contribution >= 0.6 is 0 Å². The molecule has 2 aromatic rings. The highest BCUT2D eigenvalue weighted by Crippen LogP contribution is 2.24. The van der Waals surface area contributed by atoms with Gasteiger partial charge in [0.1, 0.15) is 22.7 Å². The van der Waals surface area contributed by atoms with Crippen molar-refractivity contribution in [3.63, 3.8) is 0 Å². The molecule has 10 nitrogen and oxygen atoms in total. The van der Waals surface area contributed by atoms with Gasteiger partial charge in [0, 0.05) is 31.1 Å². The van der Waals surface area contributed by atoms with E-state index in [0.717, 1.165) is 29.7 Å². The molecule has 4 rings (SSSR count). The summed E-state index contributed by atoms with van der Waals surface area (Å²) in [5.41, 5.74) is 0.870. The number of nitrogens with one attached hydrogen (secondary N) is 2. The van der Waals surface area contributed by atoms with Gasteiger partial charge in [-0.2, -0.15) is 0 Å². The highest BCUT2D eigenvalue weighted by Gasteiger charge is 2.31. The van der Waals surface area contributed by atoms with E-state index in [0.29, 0.717) is 31.9 Å². The van der Waals surface area contributed by atoms with Crippen LogP contribution in [0.4, 0.5) is 10.5 Å². The van der Waals surface area contributed by atoms with Gasteiger partial charge in [0.2, 0.25) is 5.91 Å². The maximum absolute atomic E-state index is 13.8. The van der Waals surface area contributed by atoms with Crippen molar-refractivity contribution in [1.82, 2.24) is 5.32 Å². The number of ketones is 1. The predicted molar refractivity (Wildman–Crippen MR) is 190 cm³/mol. The Morgan fingerprint density at radius 2 is 1.53 bits per heavy atom. The molecule has 2 aliphatic heterocycles. The van der Waals surface area contributed by atoms with Crippen LogP contribution in [0.15, 0.2) is 48.5 Å². The fraction of sp³-hybridized carbons (Fsp3) is 0.590. The fourth-order valence-electron chi connectivity index (χ4n) is 5.36. The number of hydrogen-bond donors (Lipinski definition) is 2. The van der Waals surface area contributed by atoms with Crippen molar-refractivity contribution in [2.75, 3.05) is 25.1 Å². The Kier molecular flexibility index (Phi) is 14.7. The van der Waals surface area contributed by atoms with Crippen molar-refractivity contribution in [2.45, 2.75) is 111 Å². The highest BCUT2D eigenvalue weighted by molar-refractivity contribution is 5.89. The molecule has 2 heterocycles. The summed E-state index contributed by atoms with van der Waals surface area (Å²) in [6, 6.07) is 14.5. The number of anilines is 1. The molecule has 2 amide bonds. The maximum Gasteiger partial charge on any atom is 0.412 e. The first-order valence-corrected chi connectivity index (χ1v) is 17.4. The van der Waals surface area contributed by atoms with Gasteiger partial charge in [-0.1, -0.05) is 38.1 Å². The number of rotatable bonds is 9. The lowest BCUT2D eigenvalue weighted by atomic mass is 9.87. The van der Waals surface area contributed by atoms with E-state index in [1.165, 1.54) is 0 Å². The molecule has 0 aliphatic carbocycles. The number of esters is 1. The molecule has 0 saturated heterocycles.